The van der Waals surface area contributed by atoms with E-state index in [2.05, 4.69) is 43.8 Å². The van der Waals surface area contributed by atoms with Gasteiger partial charge in [0.2, 0.25) is 0 Å². The lowest BCUT2D eigenvalue weighted by atomic mass is 10.1. The molecule has 0 aromatic carbocycles. The predicted octanol–water partition coefficient (Wildman–Crippen LogP) is 2.22. The first-order valence-electron chi connectivity index (χ1n) is 15.8. The van der Waals surface area contributed by atoms with E-state index in [4.69, 9.17) is 27.5 Å². The van der Waals surface area contributed by atoms with Crippen LogP contribution in [0.25, 0.3) is 0 Å². The molecule has 2 aromatic heterocycles. The van der Waals surface area contributed by atoms with Crippen LogP contribution in [0.15, 0.2) is 31.6 Å². The number of hydrogen-bond acceptors (Lipinski definition) is 12. The van der Waals surface area contributed by atoms with Crippen LogP contribution in [-0.2, 0) is 38.5 Å². The van der Waals surface area contributed by atoms with Gasteiger partial charge in [-0.2, -0.15) is 0 Å². The van der Waals surface area contributed by atoms with Gasteiger partial charge in [0.25, 0.3) is 11.1 Å². The van der Waals surface area contributed by atoms with Gasteiger partial charge < -0.3 is 19.0 Å². The van der Waals surface area contributed by atoms with Gasteiger partial charge in [-0.3, -0.25) is 42.3 Å². The molecule has 18 heteroatoms. The molecule has 3 N–H and O–H groups in total. The van der Waals surface area contributed by atoms with Gasteiger partial charge in [0, 0.05) is 36.4 Å². The lowest BCUT2D eigenvalue weighted by molar-refractivity contribution is -0.0592. The average Bonchev–Trinajstić information content (AvgIpc) is 3.55. The van der Waals surface area contributed by atoms with Gasteiger partial charge in [-0.1, -0.05) is 20.8 Å². The SMILES string of the molecule is Cc1cn([C@H]2C[C@H](OP3(=O)OCCCCc4cn(c(=O)[nH]c4=O)[C@H]4C[C@H](O)[C@@H](CO3)O4)[C@@H](CO[Si](C)(C)C(C)(C)C)O2)c(=O)[nH]c1=O. The summed E-state index contributed by atoms with van der Waals surface area (Å²) >= 11 is 0. The van der Waals surface area contributed by atoms with Crippen LogP contribution in [0.4, 0.5) is 0 Å². The maximum atomic E-state index is 14.2. The summed E-state index contributed by atoms with van der Waals surface area (Å²) in [6, 6.07) is 0. The van der Waals surface area contributed by atoms with Crippen LogP contribution in [0.3, 0.4) is 0 Å². The van der Waals surface area contributed by atoms with Gasteiger partial charge in [0.1, 0.15) is 30.8 Å². The molecular formula is C29H45N4O12PSi. The fourth-order valence-corrected chi connectivity index (χ4v) is 7.86. The largest absolute Gasteiger partial charge is 0.475 e. The zero-order chi connectivity index (χ0) is 34.3. The van der Waals surface area contributed by atoms with Crippen molar-refractivity contribution < 1.29 is 37.1 Å². The van der Waals surface area contributed by atoms with E-state index in [1.807, 2.05) is 0 Å². The average molecular weight is 701 g/mol. The van der Waals surface area contributed by atoms with Gasteiger partial charge in [-0.15, -0.1) is 0 Å². The van der Waals surface area contributed by atoms with E-state index in [-0.39, 0.29) is 37.7 Å². The summed E-state index contributed by atoms with van der Waals surface area (Å²) in [5.74, 6) is 0. The molecule has 2 fully saturated rings. The fraction of sp³-hybridized carbons (Fsp3) is 0.724. The fourth-order valence-electron chi connectivity index (χ4n) is 5.42. The predicted molar refractivity (Wildman–Crippen MR) is 171 cm³/mol. The molecule has 0 radical (unpaired) electrons. The minimum absolute atomic E-state index is 0.0315. The summed E-state index contributed by atoms with van der Waals surface area (Å²) in [6.07, 6.45) is -1.46. The normalized spacial score (nSPS) is 30.7. The topological polar surface area (TPSA) is 202 Å². The smallest absolute Gasteiger partial charge is 0.414 e. The molecule has 5 rings (SSSR count). The number of aryl methyl sites for hydroxylation is 2. The Hall–Kier alpha value is -2.47. The van der Waals surface area contributed by atoms with Gasteiger partial charge in [0.05, 0.1) is 25.9 Å². The molecule has 47 heavy (non-hydrogen) atoms. The third kappa shape index (κ3) is 8.06. The highest BCUT2D eigenvalue weighted by molar-refractivity contribution is 7.48. The molecule has 7 atom stereocenters. The molecule has 5 heterocycles. The molecule has 3 aliphatic heterocycles. The Morgan fingerprint density at radius 3 is 2.34 bits per heavy atom. The van der Waals surface area contributed by atoms with Crippen molar-refractivity contribution in [2.75, 3.05) is 19.8 Å². The van der Waals surface area contributed by atoms with Crippen molar-refractivity contribution in [3.05, 3.63) is 65.2 Å². The van der Waals surface area contributed by atoms with Crippen LogP contribution >= 0.6 is 7.82 Å². The molecule has 0 amide bonds. The van der Waals surface area contributed by atoms with Crippen molar-refractivity contribution in [2.45, 2.75) is 115 Å². The van der Waals surface area contributed by atoms with Crippen molar-refractivity contribution in [3.8, 4) is 0 Å². The molecule has 2 saturated heterocycles. The first-order valence-corrected chi connectivity index (χ1v) is 20.2. The molecule has 4 bridgehead atoms. The Kier molecular flexibility index (Phi) is 10.5. The van der Waals surface area contributed by atoms with Gasteiger partial charge in [-0.05, 0) is 44.3 Å². The van der Waals surface area contributed by atoms with Crippen molar-refractivity contribution in [1.82, 2.24) is 19.1 Å². The number of rotatable bonds is 6. The summed E-state index contributed by atoms with van der Waals surface area (Å²) in [4.78, 5) is 54.3. The second-order valence-corrected chi connectivity index (χ2v) is 20.3. The first-order chi connectivity index (χ1) is 22.0. The molecule has 0 aliphatic carbocycles. The Morgan fingerprint density at radius 1 is 0.979 bits per heavy atom. The number of aliphatic hydroxyl groups excluding tert-OH is 1. The Balaban J connectivity index is 1.39. The quantitative estimate of drug-likeness (QED) is 0.293. The molecule has 0 spiro atoms. The zero-order valence-electron chi connectivity index (χ0n) is 27.6. The van der Waals surface area contributed by atoms with E-state index in [0.29, 0.717) is 30.4 Å². The molecular weight excluding hydrogens is 655 g/mol. The second-order valence-electron chi connectivity index (χ2n) is 13.8. The molecule has 16 nitrogen and oxygen atoms in total. The molecule has 2 aromatic rings. The van der Waals surface area contributed by atoms with Crippen LogP contribution in [0, 0.1) is 6.92 Å². The number of fused-ring (bicyclic) bond motifs is 5. The number of phosphoric acid groups is 1. The maximum Gasteiger partial charge on any atom is 0.475 e. The Morgan fingerprint density at radius 2 is 1.64 bits per heavy atom. The number of aliphatic hydroxyl groups is 1. The van der Waals surface area contributed by atoms with Crippen molar-refractivity contribution in [1.29, 1.82) is 0 Å². The molecule has 262 valence electrons. The van der Waals surface area contributed by atoms with Crippen LogP contribution in [0.5, 0.6) is 0 Å². The lowest BCUT2D eigenvalue weighted by Crippen LogP contribution is -2.44. The van der Waals surface area contributed by atoms with E-state index in [1.165, 1.54) is 21.5 Å². The molecule has 0 saturated carbocycles. The summed E-state index contributed by atoms with van der Waals surface area (Å²) in [5, 5.41) is 10.6. The third-order valence-electron chi connectivity index (χ3n) is 9.36. The van der Waals surface area contributed by atoms with Crippen LogP contribution in [-0.4, -0.2) is 76.8 Å². The molecule has 1 unspecified atom stereocenters. The summed E-state index contributed by atoms with van der Waals surface area (Å²) < 4.78 is 53.0. The molecule has 3 aliphatic rings. The van der Waals surface area contributed by atoms with Crippen molar-refractivity contribution in [2.24, 2.45) is 0 Å². The first kappa shape index (κ1) is 35.8. The zero-order valence-corrected chi connectivity index (χ0v) is 29.4. The standard InChI is InChI=1S/C29H45N4O12PSi/c1-17-13-32(27(37)30-25(17)35)24-12-20(22(44-24)16-42-47(5,6)29(2,3)4)45-46(39)40-10-8-7-9-18-14-33(28(38)31-26(18)36)23-11-19(34)21(43-23)15-41-46/h13-14,19-24,34H,7-12,15-16H2,1-6H3,(H,30,35,37)(H,31,36,38)/t19-,20-,21+,22+,23+,24+,46?/m0/s1. The van der Waals surface area contributed by atoms with E-state index >= 15 is 0 Å². The summed E-state index contributed by atoms with van der Waals surface area (Å²) in [6.45, 7) is 11.6. The number of aromatic nitrogens is 4. The number of nitrogens with zero attached hydrogens (tertiary/aromatic N) is 2. The summed E-state index contributed by atoms with van der Waals surface area (Å²) in [7, 11) is -6.63. The van der Waals surface area contributed by atoms with Gasteiger partial charge >= 0.3 is 19.2 Å². The summed E-state index contributed by atoms with van der Waals surface area (Å²) in [5.41, 5.74) is -1.68. The highest BCUT2D eigenvalue weighted by Crippen LogP contribution is 2.54. The van der Waals surface area contributed by atoms with E-state index < -0.39 is 75.5 Å². The Bertz CT molecular complexity index is 1730. The Labute approximate surface area is 272 Å². The second kappa shape index (κ2) is 13.8. The van der Waals surface area contributed by atoms with Crippen LogP contribution < -0.4 is 22.5 Å². The van der Waals surface area contributed by atoms with Crippen LogP contribution in [0.1, 0.15) is 70.0 Å². The number of hydrogen-bond donors (Lipinski definition) is 3. The van der Waals surface area contributed by atoms with Crippen molar-refractivity contribution in [3.63, 3.8) is 0 Å². The van der Waals surface area contributed by atoms with Crippen LogP contribution in [0.2, 0.25) is 18.1 Å². The van der Waals surface area contributed by atoms with Gasteiger partial charge in [0.15, 0.2) is 8.32 Å². The minimum atomic E-state index is -4.36. The minimum Gasteiger partial charge on any atom is -0.414 e. The number of phosphoric ester groups is 1. The van der Waals surface area contributed by atoms with Gasteiger partial charge in [-0.25, -0.2) is 14.2 Å². The number of H-pyrrole nitrogens is 2. The van der Waals surface area contributed by atoms with E-state index in [0.717, 1.165) is 0 Å². The van der Waals surface area contributed by atoms with E-state index in [1.54, 1.807) is 6.92 Å². The van der Waals surface area contributed by atoms with E-state index in [9.17, 15) is 28.8 Å². The maximum absolute atomic E-state index is 14.2. The third-order valence-corrected chi connectivity index (χ3v) is 15.4. The highest BCUT2D eigenvalue weighted by Gasteiger charge is 2.46. The highest BCUT2D eigenvalue weighted by atomic mass is 31.2. The number of ether oxygens (including phenoxy) is 2. The van der Waals surface area contributed by atoms with Crippen molar-refractivity contribution >= 4 is 16.1 Å². The lowest BCUT2D eigenvalue weighted by Gasteiger charge is -2.37. The number of aromatic amines is 2. The monoisotopic (exact) mass is 700 g/mol. The number of nitrogens with one attached hydrogen (secondary N) is 2.